The van der Waals surface area contributed by atoms with Crippen LogP contribution in [0.4, 0.5) is 4.39 Å². The number of aromatic nitrogens is 1. The van der Waals surface area contributed by atoms with Crippen LogP contribution in [0.3, 0.4) is 0 Å². The second-order valence-electron chi connectivity index (χ2n) is 4.96. The van der Waals surface area contributed by atoms with Crippen LogP contribution in [0.15, 0.2) is 18.5 Å². The van der Waals surface area contributed by atoms with Crippen molar-refractivity contribution in [3.63, 3.8) is 0 Å². The maximum Gasteiger partial charge on any atom is 0.254 e. The Bertz CT molecular complexity index is 507. The number of nitrogens with zero attached hydrogens (tertiary/aromatic N) is 2. The van der Waals surface area contributed by atoms with Crippen molar-refractivity contribution in [2.45, 2.75) is 32.2 Å². The quantitative estimate of drug-likeness (QED) is 0.905. The first kappa shape index (κ1) is 14.4. The summed E-state index contributed by atoms with van der Waals surface area (Å²) in [6.07, 6.45) is 4.86. The standard InChI is InChI=1S/C14H18FN3O2/c1-10(18-7-3-2-4-13(18)19)8-17-14(20)11-5-6-16-9-12(11)15/h5-6,9-10H,2-4,7-8H2,1H3,(H,17,20)/t10-/m0/s1. The Morgan fingerprint density at radius 2 is 2.35 bits per heavy atom. The van der Waals surface area contributed by atoms with E-state index < -0.39 is 11.7 Å². The third kappa shape index (κ3) is 3.31. The fourth-order valence-electron chi connectivity index (χ4n) is 2.30. The minimum atomic E-state index is -0.647. The van der Waals surface area contributed by atoms with Gasteiger partial charge >= 0.3 is 0 Å². The van der Waals surface area contributed by atoms with Crippen molar-refractivity contribution < 1.29 is 14.0 Å². The van der Waals surface area contributed by atoms with Crippen molar-refractivity contribution in [1.29, 1.82) is 0 Å². The molecule has 0 saturated carbocycles. The second-order valence-corrected chi connectivity index (χ2v) is 4.96. The molecule has 5 nitrogen and oxygen atoms in total. The van der Waals surface area contributed by atoms with Crippen LogP contribution in [0.25, 0.3) is 0 Å². The lowest BCUT2D eigenvalue weighted by Gasteiger charge is -2.32. The van der Waals surface area contributed by atoms with Crippen LogP contribution >= 0.6 is 0 Å². The smallest absolute Gasteiger partial charge is 0.254 e. The van der Waals surface area contributed by atoms with Crippen LogP contribution in [0, 0.1) is 5.82 Å². The molecule has 0 radical (unpaired) electrons. The molecule has 0 aromatic carbocycles. The van der Waals surface area contributed by atoms with Gasteiger partial charge in [-0.05, 0) is 25.8 Å². The van der Waals surface area contributed by atoms with E-state index in [2.05, 4.69) is 10.3 Å². The van der Waals surface area contributed by atoms with E-state index in [9.17, 15) is 14.0 Å². The number of carbonyl (C=O) groups excluding carboxylic acids is 2. The van der Waals surface area contributed by atoms with Crippen LogP contribution in [0.5, 0.6) is 0 Å². The molecule has 1 saturated heterocycles. The molecule has 0 spiro atoms. The van der Waals surface area contributed by atoms with Crippen LogP contribution in [-0.4, -0.2) is 40.8 Å². The fourth-order valence-corrected chi connectivity index (χ4v) is 2.30. The minimum Gasteiger partial charge on any atom is -0.350 e. The summed E-state index contributed by atoms with van der Waals surface area (Å²) in [5.41, 5.74) is -0.0304. The van der Waals surface area contributed by atoms with Gasteiger partial charge in [0.1, 0.15) is 0 Å². The zero-order valence-electron chi connectivity index (χ0n) is 11.4. The molecule has 2 amide bonds. The van der Waals surface area contributed by atoms with E-state index in [0.29, 0.717) is 13.0 Å². The van der Waals surface area contributed by atoms with Gasteiger partial charge in [-0.1, -0.05) is 0 Å². The lowest BCUT2D eigenvalue weighted by Crippen LogP contribution is -2.47. The molecule has 20 heavy (non-hydrogen) atoms. The predicted molar refractivity (Wildman–Crippen MR) is 71.6 cm³/mol. The predicted octanol–water partition coefficient (Wildman–Crippen LogP) is 1.35. The first-order valence-corrected chi connectivity index (χ1v) is 6.77. The molecule has 1 fully saturated rings. The largest absolute Gasteiger partial charge is 0.350 e. The summed E-state index contributed by atoms with van der Waals surface area (Å²) < 4.78 is 13.4. The molecule has 1 aliphatic heterocycles. The number of nitrogens with one attached hydrogen (secondary N) is 1. The molecule has 2 rings (SSSR count). The SMILES string of the molecule is C[C@@H](CNC(=O)c1ccncc1F)N1CCCCC1=O. The van der Waals surface area contributed by atoms with Gasteiger partial charge in [0.05, 0.1) is 11.8 Å². The molecule has 0 aliphatic carbocycles. The number of hydrogen-bond acceptors (Lipinski definition) is 3. The van der Waals surface area contributed by atoms with Gasteiger partial charge in [-0.3, -0.25) is 14.6 Å². The molecule has 1 aromatic heterocycles. The van der Waals surface area contributed by atoms with Crippen molar-refractivity contribution in [2.75, 3.05) is 13.1 Å². The first-order chi connectivity index (χ1) is 9.59. The molecule has 0 unspecified atom stereocenters. The van der Waals surface area contributed by atoms with E-state index in [1.54, 1.807) is 4.90 Å². The van der Waals surface area contributed by atoms with Gasteiger partial charge < -0.3 is 10.2 Å². The fraction of sp³-hybridized carbons (Fsp3) is 0.500. The maximum absolute atomic E-state index is 13.4. The number of halogens is 1. The van der Waals surface area contributed by atoms with Gasteiger partial charge in [0.25, 0.3) is 5.91 Å². The topological polar surface area (TPSA) is 62.3 Å². The Balaban J connectivity index is 1.90. The van der Waals surface area contributed by atoms with Crippen LogP contribution in [-0.2, 0) is 4.79 Å². The molecule has 1 aromatic rings. The summed E-state index contributed by atoms with van der Waals surface area (Å²) in [5.74, 6) is -1.01. The highest BCUT2D eigenvalue weighted by Gasteiger charge is 2.23. The highest BCUT2D eigenvalue weighted by Crippen LogP contribution is 2.13. The Morgan fingerprint density at radius 1 is 1.55 bits per heavy atom. The molecular weight excluding hydrogens is 261 g/mol. The summed E-state index contributed by atoms with van der Waals surface area (Å²) in [5, 5.41) is 2.66. The molecule has 1 aliphatic rings. The van der Waals surface area contributed by atoms with Crippen LogP contribution < -0.4 is 5.32 Å². The average Bonchev–Trinajstić information content (AvgIpc) is 2.45. The number of amides is 2. The van der Waals surface area contributed by atoms with Gasteiger partial charge in [0, 0.05) is 31.7 Å². The zero-order valence-corrected chi connectivity index (χ0v) is 11.4. The molecule has 1 N–H and O–H groups in total. The maximum atomic E-state index is 13.4. The molecule has 6 heteroatoms. The Hall–Kier alpha value is -1.98. The Kier molecular flexibility index (Phi) is 4.65. The molecule has 108 valence electrons. The van der Waals surface area contributed by atoms with Gasteiger partial charge in [-0.2, -0.15) is 0 Å². The lowest BCUT2D eigenvalue weighted by atomic mass is 10.1. The van der Waals surface area contributed by atoms with Crippen LogP contribution in [0.2, 0.25) is 0 Å². The molecule has 2 heterocycles. The summed E-state index contributed by atoms with van der Waals surface area (Å²) in [6, 6.07) is 1.25. The second kappa shape index (κ2) is 6.45. The van der Waals surface area contributed by atoms with Crippen molar-refractivity contribution >= 4 is 11.8 Å². The van der Waals surface area contributed by atoms with E-state index in [1.165, 1.54) is 12.3 Å². The zero-order chi connectivity index (χ0) is 14.5. The van der Waals surface area contributed by atoms with Crippen LogP contribution in [0.1, 0.15) is 36.5 Å². The number of hydrogen-bond donors (Lipinski definition) is 1. The van der Waals surface area contributed by atoms with E-state index >= 15 is 0 Å². The molecule has 1 atom stereocenters. The highest BCUT2D eigenvalue weighted by molar-refractivity contribution is 5.94. The number of carbonyl (C=O) groups is 2. The Labute approximate surface area is 117 Å². The number of pyridine rings is 1. The number of rotatable bonds is 4. The summed E-state index contributed by atoms with van der Waals surface area (Å²) in [7, 11) is 0. The van der Waals surface area contributed by atoms with Crippen molar-refractivity contribution in [3.05, 3.63) is 29.8 Å². The van der Waals surface area contributed by atoms with Crippen molar-refractivity contribution in [3.8, 4) is 0 Å². The van der Waals surface area contributed by atoms with E-state index in [1.807, 2.05) is 6.92 Å². The van der Waals surface area contributed by atoms with Crippen molar-refractivity contribution in [1.82, 2.24) is 15.2 Å². The number of piperidine rings is 1. The van der Waals surface area contributed by atoms with Gasteiger partial charge in [-0.25, -0.2) is 4.39 Å². The van der Waals surface area contributed by atoms with Gasteiger partial charge in [0.15, 0.2) is 5.82 Å². The lowest BCUT2D eigenvalue weighted by molar-refractivity contribution is -0.135. The summed E-state index contributed by atoms with van der Waals surface area (Å²) >= 11 is 0. The van der Waals surface area contributed by atoms with Crippen molar-refractivity contribution in [2.24, 2.45) is 0 Å². The normalized spacial score (nSPS) is 16.9. The minimum absolute atomic E-state index is 0.0304. The molecular formula is C14H18FN3O2. The average molecular weight is 279 g/mol. The third-order valence-electron chi connectivity index (χ3n) is 3.47. The summed E-state index contributed by atoms with van der Waals surface area (Å²) in [4.78, 5) is 29.0. The van der Waals surface area contributed by atoms with Gasteiger partial charge in [0.2, 0.25) is 5.91 Å². The summed E-state index contributed by atoms with van der Waals surface area (Å²) in [6.45, 7) is 2.91. The van der Waals surface area contributed by atoms with E-state index in [-0.39, 0.29) is 17.5 Å². The molecule has 0 bridgehead atoms. The van der Waals surface area contributed by atoms with Gasteiger partial charge in [-0.15, -0.1) is 0 Å². The van der Waals surface area contributed by atoms with E-state index in [0.717, 1.165) is 25.6 Å². The first-order valence-electron chi connectivity index (χ1n) is 6.77. The Morgan fingerprint density at radius 3 is 3.05 bits per heavy atom. The third-order valence-corrected chi connectivity index (χ3v) is 3.47. The monoisotopic (exact) mass is 279 g/mol. The number of likely N-dealkylation sites (tertiary alicyclic amines) is 1. The van der Waals surface area contributed by atoms with E-state index in [4.69, 9.17) is 0 Å². The highest BCUT2D eigenvalue weighted by atomic mass is 19.1.